The zero-order valence-corrected chi connectivity index (χ0v) is 23.6. The van der Waals surface area contributed by atoms with E-state index in [-0.39, 0.29) is 24.3 Å². The number of halogens is 1. The van der Waals surface area contributed by atoms with Crippen LogP contribution in [0.3, 0.4) is 0 Å². The van der Waals surface area contributed by atoms with Crippen molar-refractivity contribution in [1.82, 2.24) is 4.57 Å². The Morgan fingerprint density at radius 1 is 1.21 bits per heavy atom. The largest absolute Gasteiger partial charge is 0.493 e. The van der Waals surface area contributed by atoms with Gasteiger partial charge in [0.2, 0.25) is 0 Å². The van der Waals surface area contributed by atoms with Crippen molar-refractivity contribution >= 4 is 39.3 Å². The first-order valence-electron chi connectivity index (χ1n) is 11.6. The van der Waals surface area contributed by atoms with E-state index in [9.17, 15) is 9.59 Å². The lowest BCUT2D eigenvalue weighted by Gasteiger charge is -2.26. The van der Waals surface area contributed by atoms with Gasteiger partial charge in [-0.05, 0) is 55.3 Å². The third kappa shape index (κ3) is 5.26. The fraction of sp³-hybridized carbons (Fsp3) is 0.250. The Morgan fingerprint density at radius 3 is 2.53 bits per heavy atom. The molecular weight excluding hydrogens is 572 g/mol. The minimum absolute atomic E-state index is 0.172. The highest BCUT2D eigenvalue weighted by molar-refractivity contribution is 9.10. The smallest absolute Gasteiger partial charge is 0.338 e. The van der Waals surface area contributed by atoms with E-state index in [0.29, 0.717) is 42.3 Å². The summed E-state index contributed by atoms with van der Waals surface area (Å²) in [4.78, 5) is 32.1. The molecule has 0 radical (unpaired) electrons. The third-order valence-corrected chi connectivity index (χ3v) is 7.48. The minimum Gasteiger partial charge on any atom is -0.493 e. The number of nitrogens with zero attached hydrogens (tertiary/aromatic N) is 2. The van der Waals surface area contributed by atoms with Crippen LogP contribution in [0, 0.1) is 12.3 Å². The van der Waals surface area contributed by atoms with E-state index >= 15 is 0 Å². The molecule has 2 aromatic carbocycles. The quantitative estimate of drug-likeness (QED) is 0.292. The monoisotopic (exact) mass is 596 g/mol. The van der Waals surface area contributed by atoms with E-state index in [2.05, 4.69) is 26.8 Å². The number of thiazole rings is 1. The van der Waals surface area contributed by atoms with Crippen LogP contribution in [0.1, 0.15) is 31.0 Å². The lowest BCUT2D eigenvalue weighted by molar-refractivity contribution is -0.139. The van der Waals surface area contributed by atoms with Gasteiger partial charge in [-0.1, -0.05) is 45.3 Å². The predicted molar refractivity (Wildman–Crippen MR) is 148 cm³/mol. The number of carbonyl (C=O) groups is 1. The van der Waals surface area contributed by atoms with Crippen LogP contribution >= 0.6 is 27.3 Å². The first kappa shape index (κ1) is 27.2. The van der Waals surface area contributed by atoms with Crippen molar-refractivity contribution in [2.24, 2.45) is 4.99 Å². The standard InChI is InChI=1S/C28H25BrN2O6S/c1-6-12-37-18-10-8-17(9-11-18)13-23-26(32)31-25(19-14-21(34-4)22(35-5)15-20(19)29)24(27(33)36-7-2)16(3)30-28(31)38-23/h1,8-11,13-15,25H,7,12H2,2-5H3/b23-13-/t25-/m0/s1. The van der Waals surface area contributed by atoms with Gasteiger partial charge in [-0.15, -0.1) is 6.42 Å². The molecule has 0 N–H and O–H groups in total. The Bertz CT molecular complexity index is 1630. The molecule has 38 heavy (non-hydrogen) atoms. The molecule has 4 rings (SSSR count). The van der Waals surface area contributed by atoms with E-state index in [1.54, 1.807) is 44.2 Å². The lowest BCUT2D eigenvalue weighted by Crippen LogP contribution is -2.40. The van der Waals surface area contributed by atoms with Crippen molar-refractivity contribution in [1.29, 1.82) is 0 Å². The molecule has 3 aromatic rings. The van der Waals surface area contributed by atoms with E-state index in [1.807, 2.05) is 12.1 Å². The summed E-state index contributed by atoms with van der Waals surface area (Å²) >= 11 is 4.84. The van der Waals surface area contributed by atoms with Crippen LogP contribution in [-0.4, -0.2) is 38.0 Å². The Labute approximate surface area is 232 Å². The third-order valence-electron chi connectivity index (χ3n) is 5.81. The summed E-state index contributed by atoms with van der Waals surface area (Å²) in [5.41, 5.74) is 1.88. The number of terminal acetylenes is 1. The van der Waals surface area contributed by atoms with Gasteiger partial charge in [0.1, 0.15) is 12.4 Å². The van der Waals surface area contributed by atoms with Gasteiger partial charge < -0.3 is 18.9 Å². The van der Waals surface area contributed by atoms with Crippen molar-refractivity contribution in [2.45, 2.75) is 19.9 Å². The second-order valence-electron chi connectivity index (χ2n) is 8.09. The molecular formula is C28H25BrN2O6S. The van der Waals surface area contributed by atoms with Crippen LogP contribution in [0.2, 0.25) is 0 Å². The normalized spacial score (nSPS) is 14.8. The minimum atomic E-state index is -0.804. The summed E-state index contributed by atoms with van der Waals surface area (Å²) in [6.45, 7) is 3.82. The van der Waals surface area contributed by atoms with Crippen LogP contribution < -0.4 is 29.1 Å². The number of aromatic nitrogens is 1. The van der Waals surface area contributed by atoms with Gasteiger partial charge in [-0.2, -0.15) is 0 Å². The van der Waals surface area contributed by atoms with E-state index < -0.39 is 12.0 Å². The van der Waals surface area contributed by atoms with Gasteiger partial charge in [0, 0.05) is 4.47 Å². The Balaban J connectivity index is 1.92. The average Bonchev–Trinajstić information content (AvgIpc) is 3.21. The Hall–Kier alpha value is -3.81. The number of esters is 1. The predicted octanol–water partition coefficient (Wildman–Crippen LogP) is 3.59. The lowest BCUT2D eigenvalue weighted by atomic mass is 9.95. The summed E-state index contributed by atoms with van der Waals surface area (Å²) < 4.78 is 24.3. The van der Waals surface area contributed by atoms with Crippen LogP contribution in [0.4, 0.5) is 0 Å². The summed E-state index contributed by atoms with van der Waals surface area (Å²) in [5.74, 6) is 3.48. The summed E-state index contributed by atoms with van der Waals surface area (Å²) in [6.07, 6.45) is 7.02. The fourth-order valence-corrected chi connectivity index (χ4v) is 5.69. The topological polar surface area (TPSA) is 88.3 Å². The molecule has 0 fully saturated rings. The van der Waals surface area contributed by atoms with E-state index in [1.165, 1.54) is 30.1 Å². The molecule has 196 valence electrons. The highest BCUT2D eigenvalue weighted by Gasteiger charge is 2.35. The van der Waals surface area contributed by atoms with Crippen molar-refractivity contribution in [3.63, 3.8) is 0 Å². The number of rotatable bonds is 8. The highest BCUT2D eigenvalue weighted by atomic mass is 79.9. The number of methoxy groups -OCH3 is 2. The number of hydrogen-bond donors (Lipinski definition) is 0. The Morgan fingerprint density at radius 2 is 1.89 bits per heavy atom. The van der Waals surface area contributed by atoms with Crippen molar-refractivity contribution < 1.29 is 23.7 Å². The van der Waals surface area contributed by atoms with Crippen molar-refractivity contribution in [3.05, 3.63) is 83.0 Å². The first-order valence-corrected chi connectivity index (χ1v) is 13.2. The first-order chi connectivity index (χ1) is 18.3. The SMILES string of the molecule is C#CCOc1ccc(/C=c2\sc3n(c2=O)[C@@H](c2cc(OC)c(OC)cc2Br)C(C(=O)OCC)=C(C)N=3)cc1. The molecule has 1 atom stereocenters. The fourth-order valence-electron chi connectivity index (χ4n) is 4.10. The zero-order chi connectivity index (χ0) is 27.4. The molecule has 1 aromatic heterocycles. The summed E-state index contributed by atoms with van der Waals surface area (Å²) in [7, 11) is 3.06. The van der Waals surface area contributed by atoms with E-state index in [4.69, 9.17) is 25.4 Å². The van der Waals surface area contributed by atoms with Crippen LogP contribution in [0.25, 0.3) is 6.08 Å². The molecule has 0 aliphatic carbocycles. The molecule has 0 unspecified atom stereocenters. The molecule has 2 heterocycles. The molecule has 10 heteroatoms. The van der Waals surface area contributed by atoms with Gasteiger partial charge in [0.05, 0.1) is 42.7 Å². The number of hydrogen-bond acceptors (Lipinski definition) is 8. The number of allylic oxidation sites excluding steroid dienone is 1. The maximum Gasteiger partial charge on any atom is 0.338 e. The maximum absolute atomic E-state index is 13.8. The molecule has 0 bridgehead atoms. The number of carbonyl (C=O) groups excluding carboxylic acids is 1. The van der Waals surface area contributed by atoms with E-state index in [0.717, 1.165) is 5.56 Å². The molecule has 1 aliphatic rings. The van der Waals surface area contributed by atoms with Gasteiger partial charge in [-0.3, -0.25) is 9.36 Å². The number of fused-ring (bicyclic) bond motifs is 1. The zero-order valence-electron chi connectivity index (χ0n) is 21.2. The molecule has 0 spiro atoms. The van der Waals surface area contributed by atoms with Gasteiger partial charge in [0.25, 0.3) is 5.56 Å². The van der Waals surface area contributed by atoms with Gasteiger partial charge in [-0.25, -0.2) is 9.79 Å². The van der Waals surface area contributed by atoms with Gasteiger partial charge >= 0.3 is 5.97 Å². The number of ether oxygens (including phenoxy) is 4. The molecule has 0 saturated heterocycles. The second-order valence-corrected chi connectivity index (χ2v) is 9.96. The average molecular weight is 597 g/mol. The number of benzene rings is 2. The van der Waals surface area contributed by atoms with Gasteiger partial charge in [0.15, 0.2) is 16.3 Å². The maximum atomic E-state index is 13.8. The summed E-state index contributed by atoms with van der Waals surface area (Å²) in [6, 6.07) is 9.92. The Kier molecular flexibility index (Phi) is 8.39. The van der Waals surface area contributed by atoms with Crippen molar-refractivity contribution in [3.8, 4) is 29.6 Å². The van der Waals surface area contributed by atoms with Crippen LogP contribution in [0.5, 0.6) is 17.2 Å². The second kappa shape index (κ2) is 11.7. The molecule has 0 amide bonds. The van der Waals surface area contributed by atoms with Crippen LogP contribution in [0.15, 0.2) is 61.9 Å². The van der Waals surface area contributed by atoms with Crippen molar-refractivity contribution in [2.75, 3.05) is 27.4 Å². The molecule has 8 nitrogen and oxygen atoms in total. The van der Waals surface area contributed by atoms with Crippen LogP contribution in [-0.2, 0) is 9.53 Å². The molecule has 1 aliphatic heterocycles. The highest BCUT2D eigenvalue weighted by Crippen LogP contribution is 2.40. The molecule has 0 saturated carbocycles. The summed E-state index contributed by atoms with van der Waals surface area (Å²) in [5, 5.41) is 0.